The van der Waals surface area contributed by atoms with Gasteiger partial charge in [0.05, 0.1) is 6.26 Å². The first-order valence-corrected chi connectivity index (χ1v) is 6.67. The SMILES string of the molecule is CNC1C(=O)N(c2ccccc2)CCC2C=COC21. The lowest BCUT2D eigenvalue weighted by Gasteiger charge is -2.26. The quantitative estimate of drug-likeness (QED) is 0.875. The molecule has 0 aromatic heterocycles. The Hall–Kier alpha value is -1.81. The lowest BCUT2D eigenvalue weighted by molar-refractivity contribution is -0.122. The summed E-state index contributed by atoms with van der Waals surface area (Å²) in [4.78, 5) is 14.5. The molecule has 19 heavy (non-hydrogen) atoms. The van der Waals surface area contributed by atoms with Crippen LogP contribution in [-0.4, -0.2) is 31.6 Å². The predicted molar refractivity (Wildman–Crippen MR) is 73.8 cm³/mol. The van der Waals surface area contributed by atoms with E-state index in [1.807, 2.05) is 42.3 Å². The maximum absolute atomic E-state index is 12.7. The van der Waals surface area contributed by atoms with Gasteiger partial charge in [-0.2, -0.15) is 0 Å². The van der Waals surface area contributed by atoms with Gasteiger partial charge in [0.1, 0.15) is 12.1 Å². The number of likely N-dealkylation sites (N-methyl/N-ethyl adjacent to an activating group) is 1. The molecule has 0 saturated carbocycles. The Kier molecular flexibility index (Phi) is 3.25. The molecule has 2 aliphatic heterocycles. The average Bonchev–Trinajstić information content (AvgIpc) is 2.85. The molecule has 0 radical (unpaired) electrons. The molecule has 0 bridgehead atoms. The molecule has 0 aliphatic carbocycles. The van der Waals surface area contributed by atoms with Crippen molar-refractivity contribution in [3.63, 3.8) is 0 Å². The fourth-order valence-electron chi connectivity index (χ4n) is 2.88. The molecule has 3 rings (SSSR count). The van der Waals surface area contributed by atoms with Gasteiger partial charge in [0.25, 0.3) is 0 Å². The molecule has 4 nitrogen and oxygen atoms in total. The number of nitrogens with one attached hydrogen (secondary N) is 1. The molecule has 1 saturated heterocycles. The van der Waals surface area contributed by atoms with E-state index in [2.05, 4.69) is 11.4 Å². The number of para-hydroxylation sites is 1. The molecular formula is C15H18N2O2. The van der Waals surface area contributed by atoms with E-state index in [1.54, 1.807) is 6.26 Å². The van der Waals surface area contributed by atoms with Gasteiger partial charge in [-0.3, -0.25) is 4.79 Å². The molecule has 0 spiro atoms. The van der Waals surface area contributed by atoms with Gasteiger partial charge in [-0.15, -0.1) is 0 Å². The normalized spacial score (nSPS) is 29.8. The fourth-order valence-corrected chi connectivity index (χ4v) is 2.88. The third kappa shape index (κ3) is 2.12. The van der Waals surface area contributed by atoms with Crippen LogP contribution in [0.5, 0.6) is 0 Å². The summed E-state index contributed by atoms with van der Waals surface area (Å²) in [7, 11) is 1.82. The van der Waals surface area contributed by atoms with E-state index in [0.29, 0.717) is 5.92 Å². The van der Waals surface area contributed by atoms with E-state index in [1.165, 1.54) is 0 Å². The number of amides is 1. The molecule has 3 atom stereocenters. The Balaban J connectivity index is 1.91. The molecule has 2 aliphatic rings. The summed E-state index contributed by atoms with van der Waals surface area (Å²) in [5.74, 6) is 0.403. The van der Waals surface area contributed by atoms with Crippen LogP contribution in [0.4, 0.5) is 5.69 Å². The third-order valence-corrected chi connectivity index (χ3v) is 3.91. The number of benzene rings is 1. The lowest BCUT2D eigenvalue weighted by Crippen LogP contribution is -2.50. The Bertz CT molecular complexity index is 486. The van der Waals surface area contributed by atoms with Crippen molar-refractivity contribution in [3.05, 3.63) is 42.7 Å². The second-order valence-corrected chi connectivity index (χ2v) is 4.97. The molecule has 2 heterocycles. The Labute approximate surface area is 113 Å². The Morgan fingerprint density at radius 1 is 1.32 bits per heavy atom. The summed E-state index contributed by atoms with van der Waals surface area (Å²) in [6, 6.07) is 9.54. The summed E-state index contributed by atoms with van der Waals surface area (Å²) in [6.07, 6.45) is 4.65. The van der Waals surface area contributed by atoms with Crippen LogP contribution in [0.3, 0.4) is 0 Å². The highest BCUT2D eigenvalue weighted by atomic mass is 16.5. The highest BCUT2D eigenvalue weighted by molar-refractivity contribution is 5.98. The number of hydrogen-bond acceptors (Lipinski definition) is 3. The Morgan fingerprint density at radius 2 is 2.11 bits per heavy atom. The Morgan fingerprint density at radius 3 is 2.84 bits per heavy atom. The zero-order valence-electron chi connectivity index (χ0n) is 11.0. The monoisotopic (exact) mass is 258 g/mol. The van der Waals surface area contributed by atoms with Crippen LogP contribution in [0.25, 0.3) is 0 Å². The molecule has 3 unspecified atom stereocenters. The molecule has 1 fully saturated rings. The van der Waals surface area contributed by atoms with Gasteiger partial charge >= 0.3 is 0 Å². The minimum Gasteiger partial charge on any atom is -0.496 e. The average molecular weight is 258 g/mol. The summed E-state index contributed by atoms with van der Waals surface area (Å²) >= 11 is 0. The van der Waals surface area contributed by atoms with Crippen molar-refractivity contribution in [1.82, 2.24) is 5.32 Å². The van der Waals surface area contributed by atoms with Gasteiger partial charge in [0.15, 0.2) is 0 Å². The zero-order chi connectivity index (χ0) is 13.2. The second-order valence-electron chi connectivity index (χ2n) is 4.97. The summed E-state index contributed by atoms with van der Waals surface area (Å²) < 4.78 is 5.60. The van der Waals surface area contributed by atoms with Crippen LogP contribution in [-0.2, 0) is 9.53 Å². The lowest BCUT2D eigenvalue weighted by atomic mass is 9.96. The highest BCUT2D eigenvalue weighted by Gasteiger charge is 2.41. The van der Waals surface area contributed by atoms with Crippen LogP contribution in [0.1, 0.15) is 6.42 Å². The van der Waals surface area contributed by atoms with Crippen molar-refractivity contribution in [3.8, 4) is 0 Å². The summed E-state index contributed by atoms with van der Waals surface area (Å²) in [5.41, 5.74) is 0.955. The van der Waals surface area contributed by atoms with Gasteiger partial charge in [-0.05, 0) is 31.7 Å². The van der Waals surface area contributed by atoms with Gasteiger partial charge < -0.3 is 15.0 Å². The van der Waals surface area contributed by atoms with Gasteiger partial charge in [-0.1, -0.05) is 18.2 Å². The largest absolute Gasteiger partial charge is 0.496 e. The number of fused-ring (bicyclic) bond motifs is 1. The van der Waals surface area contributed by atoms with Crippen LogP contribution in [0, 0.1) is 5.92 Å². The summed E-state index contributed by atoms with van der Waals surface area (Å²) in [5, 5.41) is 3.11. The first-order chi connectivity index (χ1) is 9.31. The van der Waals surface area contributed by atoms with Gasteiger partial charge in [0.2, 0.25) is 5.91 Å². The van der Waals surface area contributed by atoms with Crippen LogP contribution < -0.4 is 10.2 Å². The predicted octanol–water partition coefficient (Wildman–Crippen LogP) is 1.54. The zero-order valence-corrected chi connectivity index (χ0v) is 11.0. The highest BCUT2D eigenvalue weighted by Crippen LogP contribution is 2.30. The number of ether oxygens (including phenoxy) is 1. The molecule has 4 heteroatoms. The first kappa shape index (κ1) is 12.2. The van der Waals surface area contributed by atoms with Crippen molar-refractivity contribution >= 4 is 11.6 Å². The van der Waals surface area contributed by atoms with E-state index in [9.17, 15) is 4.79 Å². The third-order valence-electron chi connectivity index (χ3n) is 3.91. The molecular weight excluding hydrogens is 240 g/mol. The molecule has 1 amide bonds. The number of nitrogens with zero attached hydrogens (tertiary/aromatic N) is 1. The minimum atomic E-state index is -0.289. The second kappa shape index (κ2) is 5.05. The van der Waals surface area contributed by atoms with E-state index < -0.39 is 0 Å². The van der Waals surface area contributed by atoms with Crippen LogP contribution in [0.2, 0.25) is 0 Å². The summed E-state index contributed by atoms with van der Waals surface area (Å²) in [6.45, 7) is 0.732. The van der Waals surface area contributed by atoms with Crippen molar-refractivity contribution in [1.29, 1.82) is 0 Å². The number of anilines is 1. The van der Waals surface area contributed by atoms with Crippen LogP contribution in [0.15, 0.2) is 42.7 Å². The maximum Gasteiger partial charge on any atom is 0.247 e. The molecule has 1 aromatic carbocycles. The van der Waals surface area contributed by atoms with Crippen molar-refractivity contribution in [2.75, 3.05) is 18.5 Å². The molecule has 100 valence electrons. The van der Waals surface area contributed by atoms with Crippen molar-refractivity contribution < 1.29 is 9.53 Å². The smallest absolute Gasteiger partial charge is 0.247 e. The first-order valence-electron chi connectivity index (χ1n) is 6.67. The van der Waals surface area contributed by atoms with E-state index >= 15 is 0 Å². The van der Waals surface area contributed by atoms with Gasteiger partial charge in [0, 0.05) is 18.2 Å². The van der Waals surface area contributed by atoms with Gasteiger partial charge in [-0.25, -0.2) is 0 Å². The van der Waals surface area contributed by atoms with Crippen molar-refractivity contribution in [2.45, 2.75) is 18.6 Å². The van der Waals surface area contributed by atoms with E-state index in [4.69, 9.17) is 4.74 Å². The standard InChI is InChI=1S/C15H18N2O2/c1-16-13-14-11(8-10-19-14)7-9-17(15(13)18)12-5-3-2-4-6-12/h2-6,8,10-11,13-14,16H,7,9H2,1H3. The number of carbonyl (C=O) groups is 1. The fraction of sp³-hybridized carbons (Fsp3) is 0.400. The van der Waals surface area contributed by atoms with E-state index in [-0.39, 0.29) is 18.1 Å². The minimum absolute atomic E-state index is 0.0776. The topological polar surface area (TPSA) is 41.6 Å². The number of hydrogen-bond donors (Lipinski definition) is 1. The van der Waals surface area contributed by atoms with Crippen molar-refractivity contribution in [2.24, 2.45) is 5.92 Å². The molecule has 1 aromatic rings. The molecule has 1 N–H and O–H groups in total. The maximum atomic E-state index is 12.7. The van der Waals surface area contributed by atoms with E-state index in [0.717, 1.165) is 18.7 Å². The number of carbonyl (C=O) groups excluding carboxylic acids is 1. The van der Waals surface area contributed by atoms with Crippen LogP contribution >= 0.6 is 0 Å². The number of rotatable bonds is 2.